The number of piperidine rings is 1. The fraction of sp³-hybridized carbons (Fsp3) is 0.500. The third-order valence-electron chi connectivity index (χ3n) is 6.63. The van der Waals surface area contributed by atoms with Crippen molar-refractivity contribution >= 4 is 11.6 Å². The number of hydrogen-bond donors (Lipinski definition) is 1. The summed E-state index contributed by atoms with van der Waals surface area (Å²) in [7, 11) is 1.64. The highest BCUT2D eigenvalue weighted by Gasteiger charge is 2.64. The lowest BCUT2D eigenvalue weighted by atomic mass is 9.53. The topological polar surface area (TPSA) is 41.9 Å². The van der Waals surface area contributed by atoms with Gasteiger partial charge in [-0.15, -0.1) is 6.58 Å². The first-order valence-corrected chi connectivity index (χ1v) is 9.27. The van der Waals surface area contributed by atoms with Gasteiger partial charge in [-0.1, -0.05) is 29.8 Å². The molecule has 1 fully saturated rings. The molecule has 0 unspecified atom stereocenters. The number of aliphatic hydroxyl groups excluding tert-OH is 1. The van der Waals surface area contributed by atoms with Gasteiger partial charge in [-0.3, -0.25) is 4.90 Å². The third kappa shape index (κ3) is 1.80. The predicted molar refractivity (Wildman–Crippen MR) is 96.6 cm³/mol. The molecule has 1 N–H and O–H groups in total. The first-order chi connectivity index (χ1) is 12.1. The van der Waals surface area contributed by atoms with Crippen LogP contribution in [0.4, 0.5) is 0 Å². The molecular weight excluding hydrogens is 338 g/mol. The number of rotatable bonds is 3. The van der Waals surface area contributed by atoms with E-state index in [0.717, 1.165) is 42.3 Å². The summed E-state index contributed by atoms with van der Waals surface area (Å²) in [6.07, 6.45) is 7.04. The van der Waals surface area contributed by atoms with Crippen LogP contribution in [-0.4, -0.2) is 48.5 Å². The van der Waals surface area contributed by atoms with Crippen molar-refractivity contribution in [1.82, 2.24) is 4.90 Å². The van der Waals surface area contributed by atoms with Crippen molar-refractivity contribution in [2.75, 3.05) is 20.2 Å². The standard InChI is InChI=1S/C20H22ClNO3/c1-3-7-22-8-6-20-12-4-5-15(23)19(20)25-18-16(24-2)10-13(21)11(17(18)20)9-14(12)22/h3-5,10,12,14-15,19,23H,1,6-9H2,2H3/t12-,14+,15-,19-,20-/m0/s1. The molecule has 4 aliphatic rings. The van der Waals surface area contributed by atoms with Crippen molar-refractivity contribution in [3.8, 4) is 11.5 Å². The molecule has 2 bridgehead atoms. The van der Waals surface area contributed by atoms with Gasteiger partial charge in [-0.25, -0.2) is 0 Å². The summed E-state index contributed by atoms with van der Waals surface area (Å²) in [5, 5.41) is 11.4. The minimum atomic E-state index is -0.607. The molecule has 2 aliphatic heterocycles. The van der Waals surface area contributed by atoms with Crippen LogP contribution in [0.25, 0.3) is 0 Å². The molecule has 2 aliphatic carbocycles. The summed E-state index contributed by atoms with van der Waals surface area (Å²) in [5.74, 6) is 1.77. The Balaban J connectivity index is 1.78. The number of ether oxygens (including phenoxy) is 2. The Hall–Kier alpha value is -1.49. The van der Waals surface area contributed by atoms with E-state index in [1.807, 2.05) is 18.2 Å². The highest BCUT2D eigenvalue weighted by molar-refractivity contribution is 6.31. The number of methoxy groups -OCH3 is 1. The summed E-state index contributed by atoms with van der Waals surface area (Å²) in [5.41, 5.74) is 2.14. The minimum absolute atomic E-state index is 0.211. The van der Waals surface area contributed by atoms with Gasteiger partial charge in [-0.05, 0) is 24.9 Å². The van der Waals surface area contributed by atoms with Crippen LogP contribution in [0.3, 0.4) is 0 Å². The van der Waals surface area contributed by atoms with Crippen LogP contribution in [0.2, 0.25) is 5.02 Å². The minimum Gasteiger partial charge on any atom is -0.493 e. The van der Waals surface area contributed by atoms with E-state index in [-0.39, 0.29) is 11.5 Å². The second-order valence-corrected chi connectivity index (χ2v) is 7.94. The molecule has 1 spiro atoms. The Kier molecular flexibility index (Phi) is 3.31. The van der Waals surface area contributed by atoms with E-state index in [0.29, 0.717) is 17.7 Å². The second-order valence-electron chi connectivity index (χ2n) is 7.53. The van der Waals surface area contributed by atoms with Crippen LogP contribution in [0.15, 0.2) is 30.9 Å². The van der Waals surface area contributed by atoms with Crippen molar-refractivity contribution < 1.29 is 14.6 Å². The van der Waals surface area contributed by atoms with Crippen LogP contribution in [-0.2, 0) is 11.8 Å². The summed E-state index contributed by atoms with van der Waals surface area (Å²) < 4.78 is 11.9. The fourth-order valence-electron chi connectivity index (χ4n) is 5.70. The molecule has 4 nitrogen and oxygen atoms in total. The molecule has 1 aromatic rings. The molecule has 0 amide bonds. The monoisotopic (exact) mass is 359 g/mol. The number of benzene rings is 1. The van der Waals surface area contributed by atoms with Gasteiger partial charge in [0.15, 0.2) is 11.5 Å². The molecule has 0 saturated carbocycles. The zero-order valence-electron chi connectivity index (χ0n) is 14.2. The number of nitrogens with zero attached hydrogens (tertiary/aromatic N) is 1. The molecule has 2 heterocycles. The summed E-state index contributed by atoms with van der Waals surface area (Å²) in [4.78, 5) is 2.49. The van der Waals surface area contributed by atoms with Gasteiger partial charge in [0.1, 0.15) is 12.2 Å². The molecule has 5 rings (SSSR count). The first kappa shape index (κ1) is 15.7. The Labute approximate surface area is 152 Å². The average Bonchev–Trinajstić information content (AvgIpc) is 2.95. The maximum atomic E-state index is 10.7. The van der Waals surface area contributed by atoms with E-state index in [1.165, 1.54) is 5.56 Å². The SMILES string of the molecule is C=CCN1CC[C@]23c4c5c(Cl)cc(OC)c4O[C@H]2[C@@H](O)C=C[C@H]3[C@H]1C5. The van der Waals surface area contributed by atoms with Crippen molar-refractivity contribution in [1.29, 1.82) is 0 Å². The van der Waals surface area contributed by atoms with Crippen molar-refractivity contribution in [3.63, 3.8) is 0 Å². The maximum Gasteiger partial charge on any atom is 0.166 e. The van der Waals surface area contributed by atoms with Gasteiger partial charge in [0.2, 0.25) is 0 Å². The van der Waals surface area contributed by atoms with Crippen LogP contribution in [0, 0.1) is 5.92 Å². The van der Waals surface area contributed by atoms with E-state index in [1.54, 1.807) is 7.11 Å². The molecule has 1 aromatic carbocycles. The first-order valence-electron chi connectivity index (χ1n) is 8.89. The molecule has 0 radical (unpaired) electrons. The number of likely N-dealkylation sites (tertiary alicyclic amines) is 1. The lowest BCUT2D eigenvalue weighted by Crippen LogP contribution is -2.65. The maximum absolute atomic E-state index is 10.7. The van der Waals surface area contributed by atoms with Crippen LogP contribution >= 0.6 is 11.6 Å². The Morgan fingerprint density at radius 3 is 3.12 bits per heavy atom. The highest BCUT2D eigenvalue weighted by Crippen LogP contribution is 2.63. The molecular formula is C20H22ClNO3. The summed E-state index contributed by atoms with van der Waals surface area (Å²) >= 11 is 6.66. The van der Waals surface area contributed by atoms with E-state index in [2.05, 4.69) is 17.6 Å². The van der Waals surface area contributed by atoms with Crippen LogP contribution < -0.4 is 9.47 Å². The van der Waals surface area contributed by atoms with Crippen molar-refractivity contribution in [2.24, 2.45) is 5.92 Å². The average molecular weight is 360 g/mol. The summed E-state index contributed by atoms with van der Waals surface area (Å²) in [6, 6.07) is 2.21. The van der Waals surface area contributed by atoms with Crippen molar-refractivity contribution in [2.45, 2.75) is 36.5 Å². The summed E-state index contributed by atoms with van der Waals surface area (Å²) in [6.45, 7) is 5.76. The van der Waals surface area contributed by atoms with Gasteiger partial charge in [0, 0.05) is 40.6 Å². The smallest absolute Gasteiger partial charge is 0.166 e. The van der Waals surface area contributed by atoms with Crippen molar-refractivity contribution in [3.05, 3.63) is 47.0 Å². The molecule has 132 valence electrons. The second kappa shape index (κ2) is 5.26. The largest absolute Gasteiger partial charge is 0.493 e. The lowest BCUT2D eigenvalue weighted by molar-refractivity contribution is -0.0488. The Morgan fingerprint density at radius 1 is 1.52 bits per heavy atom. The van der Waals surface area contributed by atoms with Gasteiger partial charge in [-0.2, -0.15) is 0 Å². The zero-order valence-corrected chi connectivity index (χ0v) is 15.0. The number of halogens is 1. The highest BCUT2D eigenvalue weighted by atomic mass is 35.5. The number of aliphatic hydroxyl groups is 1. The molecule has 25 heavy (non-hydrogen) atoms. The van der Waals surface area contributed by atoms with Gasteiger partial charge >= 0.3 is 0 Å². The Bertz CT molecular complexity index is 792. The molecule has 1 saturated heterocycles. The zero-order chi connectivity index (χ0) is 17.3. The molecule has 5 heteroatoms. The molecule has 0 aromatic heterocycles. The quantitative estimate of drug-likeness (QED) is 0.843. The predicted octanol–water partition coefficient (Wildman–Crippen LogP) is 2.71. The van der Waals surface area contributed by atoms with Gasteiger partial charge in [0.25, 0.3) is 0 Å². The van der Waals surface area contributed by atoms with E-state index >= 15 is 0 Å². The lowest BCUT2D eigenvalue weighted by Gasteiger charge is -2.57. The van der Waals surface area contributed by atoms with Crippen LogP contribution in [0.1, 0.15) is 17.5 Å². The Morgan fingerprint density at radius 2 is 2.36 bits per heavy atom. The van der Waals surface area contributed by atoms with E-state index in [4.69, 9.17) is 21.1 Å². The van der Waals surface area contributed by atoms with E-state index in [9.17, 15) is 5.11 Å². The van der Waals surface area contributed by atoms with Gasteiger partial charge < -0.3 is 14.6 Å². The van der Waals surface area contributed by atoms with E-state index < -0.39 is 6.10 Å². The normalized spacial score (nSPS) is 37.4. The molecule has 5 atom stereocenters. The van der Waals surface area contributed by atoms with Crippen LogP contribution in [0.5, 0.6) is 11.5 Å². The van der Waals surface area contributed by atoms with Gasteiger partial charge in [0.05, 0.1) is 7.11 Å². The fourth-order valence-corrected chi connectivity index (χ4v) is 5.97. The third-order valence-corrected chi connectivity index (χ3v) is 6.97. The number of hydrogen-bond acceptors (Lipinski definition) is 4.